The highest BCUT2D eigenvalue weighted by molar-refractivity contribution is 5.88. The van der Waals surface area contributed by atoms with Crippen molar-refractivity contribution in [1.29, 1.82) is 0 Å². The summed E-state index contributed by atoms with van der Waals surface area (Å²) in [6, 6.07) is 0.313. The van der Waals surface area contributed by atoms with E-state index < -0.39 is 5.97 Å². The lowest BCUT2D eigenvalue weighted by molar-refractivity contribution is 0.0695. The van der Waals surface area contributed by atoms with Gasteiger partial charge in [-0.05, 0) is 19.3 Å². The Morgan fingerprint density at radius 3 is 2.47 bits per heavy atom. The molecule has 4 nitrogen and oxygen atoms in total. The van der Waals surface area contributed by atoms with Crippen LogP contribution in [0.5, 0.6) is 0 Å². The molecule has 0 radical (unpaired) electrons. The minimum atomic E-state index is -0.885. The molecule has 0 aliphatic carbocycles. The number of aromatic carboxylic acids is 1. The van der Waals surface area contributed by atoms with Crippen molar-refractivity contribution < 1.29 is 9.90 Å². The quantitative estimate of drug-likeness (QED) is 0.812. The molecule has 0 amide bonds. The van der Waals surface area contributed by atoms with Crippen LogP contribution in [0.3, 0.4) is 0 Å². The van der Waals surface area contributed by atoms with E-state index in [1.165, 1.54) is 6.20 Å². The van der Waals surface area contributed by atoms with Gasteiger partial charge >= 0.3 is 5.97 Å². The SMILES string of the molecule is CCc1c(C(=O)O)cnn1C(CC)CC. The molecule has 0 unspecified atom stereocenters. The fourth-order valence-corrected chi connectivity index (χ4v) is 1.87. The second kappa shape index (κ2) is 4.96. The third-order valence-corrected chi connectivity index (χ3v) is 2.75. The molecule has 1 rings (SSSR count). The van der Waals surface area contributed by atoms with E-state index in [-0.39, 0.29) is 0 Å². The summed E-state index contributed by atoms with van der Waals surface area (Å²) in [5.74, 6) is -0.885. The largest absolute Gasteiger partial charge is 0.478 e. The first kappa shape index (κ1) is 11.8. The van der Waals surface area contributed by atoms with Crippen molar-refractivity contribution in [2.45, 2.75) is 46.1 Å². The molecule has 0 saturated carbocycles. The van der Waals surface area contributed by atoms with E-state index in [1.54, 1.807) is 0 Å². The highest BCUT2D eigenvalue weighted by Gasteiger charge is 2.18. The van der Waals surface area contributed by atoms with Crippen LogP contribution in [0.1, 0.15) is 55.7 Å². The van der Waals surface area contributed by atoms with Crippen molar-refractivity contribution in [3.8, 4) is 0 Å². The maximum Gasteiger partial charge on any atom is 0.339 e. The Morgan fingerprint density at radius 1 is 1.47 bits per heavy atom. The van der Waals surface area contributed by atoms with Gasteiger partial charge in [0.05, 0.1) is 17.9 Å². The van der Waals surface area contributed by atoms with Crippen molar-refractivity contribution >= 4 is 5.97 Å². The Morgan fingerprint density at radius 2 is 2.07 bits per heavy atom. The number of hydrogen-bond acceptors (Lipinski definition) is 2. The summed E-state index contributed by atoms with van der Waals surface area (Å²) in [5.41, 5.74) is 1.17. The van der Waals surface area contributed by atoms with Gasteiger partial charge in [-0.25, -0.2) is 4.79 Å². The van der Waals surface area contributed by atoms with Crippen LogP contribution in [-0.2, 0) is 6.42 Å². The molecule has 1 heterocycles. The number of aromatic nitrogens is 2. The summed E-state index contributed by atoms with van der Waals surface area (Å²) < 4.78 is 1.86. The van der Waals surface area contributed by atoms with E-state index >= 15 is 0 Å². The first-order valence-corrected chi connectivity index (χ1v) is 5.45. The van der Waals surface area contributed by atoms with Crippen LogP contribution in [0.2, 0.25) is 0 Å². The lowest BCUT2D eigenvalue weighted by Crippen LogP contribution is -2.13. The highest BCUT2D eigenvalue weighted by atomic mass is 16.4. The van der Waals surface area contributed by atoms with Crippen molar-refractivity contribution in [3.05, 3.63) is 17.5 Å². The molecule has 1 N–H and O–H groups in total. The van der Waals surface area contributed by atoms with Crippen molar-refractivity contribution in [1.82, 2.24) is 9.78 Å². The van der Waals surface area contributed by atoms with Crippen LogP contribution in [0.25, 0.3) is 0 Å². The maximum absolute atomic E-state index is 10.9. The second-order valence-electron chi connectivity index (χ2n) is 3.58. The van der Waals surface area contributed by atoms with Crippen LogP contribution < -0.4 is 0 Å². The molecule has 0 atom stereocenters. The topological polar surface area (TPSA) is 55.1 Å². The van der Waals surface area contributed by atoms with Gasteiger partial charge in [-0.1, -0.05) is 20.8 Å². The minimum Gasteiger partial charge on any atom is -0.478 e. The zero-order chi connectivity index (χ0) is 11.4. The fourth-order valence-electron chi connectivity index (χ4n) is 1.87. The number of carbonyl (C=O) groups is 1. The Kier molecular flexibility index (Phi) is 3.88. The standard InChI is InChI=1S/C11H18N2O2/c1-4-8(5-2)13-10(6-3)9(7-12-13)11(14)15/h7-8H,4-6H2,1-3H3,(H,14,15). The molecule has 1 aromatic rings. The van der Waals surface area contributed by atoms with Gasteiger partial charge in [-0.15, -0.1) is 0 Å². The lowest BCUT2D eigenvalue weighted by Gasteiger charge is -2.16. The molecule has 84 valence electrons. The van der Waals surface area contributed by atoms with E-state index in [0.29, 0.717) is 18.0 Å². The predicted octanol–water partition coefficient (Wildman–Crippen LogP) is 2.50. The average Bonchev–Trinajstić information content (AvgIpc) is 2.63. The zero-order valence-corrected chi connectivity index (χ0v) is 9.53. The van der Waals surface area contributed by atoms with Crippen molar-refractivity contribution in [3.63, 3.8) is 0 Å². The van der Waals surface area contributed by atoms with Crippen molar-refractivity contribution in [2.24, 2.45) is 0 Å². The van der Waals surface area contributed by atoms with Gasteiger partial charge in [0, 0.05) is 0 Å². The number of rotatable bonds is 5. The van der Waals surface area contributed by atoms with Crippen LogP contribution >= 0.6 is 0 Å². The average molecular weight is 210 g/mol. The molecular weight excluding hydrogens is 192 g/mol. The van der Waals surface area contributed by atoms with Crippen molar-refractivity contribution in [2.75, 3.05) is 0 Å². The van der Waals surface area contributed by atoms with Gasteiger partial charge in [0.2, 0.25) is 0 Å². The van der Waals surface area contributed by atoms with Crippen LogP contribution in [-0.4, -0.2) is 20.9 Å². The number of carboxylic acids is 1. The first-order valence-electron chi connectivity index (χ1n) is 5.45. The monoisotopic (exact) mass is 210 g/mol. The Labute approximate surface area is 89.9 Å². The smallest absolute Gasteiger partial charge is 0.339 e. The Bertz CT molecular complexity index is 340. The number of hydrogen-bond donors (Lipinski definition) is 1. The van der Waals surface area contributed by atoms with Gasteiger partial charge in [-0.3, -0.25) is 4.68 Å². The summed E-state index contributed by atoms with van der Waals surface area (Å²) in [6.07, 6.45) is 4.12. The summed E-state index contributed by atoms with van der Waals surface area (Å²) in [6.45, 7) is 6.15. The predicted molar refractivity (Wildman–Crippen MR) is 58.2 cm³/mol. The van der Waals surface area contributed by atoms with Gasteiger partial charge in [0.15, 0.2) is 0 Å². The molecular formula is C11H18N2O2. The fraction of sp³-hybridized carbons (Fsp3) is 0.636. The third kappa shape index (κ3) is 2.19. The minimum absolute atomic E-state index is 0.313. The molecule has 0 spiro atoms. The van der Waals surface area contributed by atoms with E-state index in [0.717, 1.165) is 18.5 Å². The second-order valence-corrected chi connectivity index (χ2v) is 3.58. The molecule has 0 fully saturated rings. The van der Waals surface area contributed by atoms with E-state index in [2.05, 4.69) is 18.9 Å². The number of nitrogens with zero attached hydrogens (tertiary/aromatic N) is 2. The van der Waals surface area contributed by atoms with Crippen LogP contribution in [0, 0.1) is 0 Å². The molecule has 0 bridgehead atoms. The third-order valence-electron chi connectivity index (χ3n) is 2.75. The van der Waals surface area contributed by atoms with Crippen LogP contribution in [0.4, 0.5) is 0 Å². The Balaban J connectivity index is 3.13. The van der Waals surface area contributed by atoms with E-state index in [4.69, 9.17) is 5.11 Å². The normalized spacial score (nSPS) is 10.9. The molecule has 15 heavy (non-hydrogen) atoms. The molecule has 0 aliphatic heterocycles. The molecule has 4 heteroatoms. The molecule has 0 aliphatic rings. The van der Waals surface area contributed by atoms with Gasteiger partial charge in [-0.2, -0.15) is 5.10 Å². The molecule has 1 aromatic heterocycles. The highest BCUT2D eigenvalue weighted by Crippen LogP contribution is 2.20. The molecule has 0 aromatic carbocycles. The summed E-state index contributed by atoms with van der Waals surface area (Å²) in [7, 11) is 0. The summed E-state index contributed by atoms with van der Waals surface area (Å²) in [5, 5.41) is 13.2. The zero-order valence-electron chi connectivity index (χ0n) is 9.53. The number of carboxylic acid groups (broad SMARTS) is 1. The van der Waals surface area contributed by atoms with Gasteiger partial charge < -0.3 is 5.11 Å². The van der Waals surface area contributed by atoms with Gasteiger partial charge in [0.25, 0.3) is 0 Å². The maximum atomic E-state index is 10.9. The Hall–Kier alpha value is -1.32. The summed E-state index contributed by atoms with van der Waals surface area (Å²) >= 11 is 0. The summed E-state index contributed by atoms with van der Waals surface area (Å²) in [4.78, 5) is 10.9. The van der Waals surface area contributed by atoms with E-state index in [1.807, 2.05) is 11.6 Å². The lowest BCUT2D eigenvalue weighted by atomic mass is 10.1. The van der Waals surface area contributed by atoms with Gasteiger partial charge in [0.1, 0.15) is 5.56 Å². The van der Waals surface area contributed by atoms with Crippen LogP contribution in [0.15, 0.2) is 6.20 Å². The first-order chi connectivity index (χ1) is 7.15. The molecule has 0 saturated heterocycles. The van der Waals surface area contributed by atoms with E-state index in [9.17, 15) is 4.79 Å².